The highest BCUT2D eigenvalue weighted by Gasteiger charge is 2.65. The molecule has 8 nitrogen and oxygen atoms in total. The van der Waals surface area contributed by atoms with E-state index in [9.17, 15) is 4.79 Å². The molecule has 0 bridgehead atoms. The molecular formula is C33H44O8Si. The van der Waals surface area contributed by atoms with Crippen molar-refractivity contribution in [2.45, 2.75) is 102 Å². The first-order chi connectivity index (χ1) is 19.7. The average molecular weight is 597 g/mol. The van der Waals surface area contributed by atoms with Gasteiger partial charge in [-0.25, -0.2) is 4.79 Å². The van der Waals surface area contributed by atoms with Crippen molar-refractivity contribution in [3.05, 3.63) is 73.3 Å². The summed E-state index contributed by atoms with van der Waals surface area (Å²) in [6.07, 6.45) is -1.02. The van der Waals surface area contributed by atoms with Gasteiger partial charge in [-0.3, -0.25) is 0 Å². The fraction of sp³-hybridized carbons (Fsp3) is 0.545. The first-order valence-corrected chi connectivity index (χ1v) is 16.6. The van der Waals surface area contributed by atoms with Crippen molar-refractivity contribution in [2.75, 3.05) is 13.2 Å². The van der Waals surface area contributed by atoms with E-state index in [1.807, 2.05) is 50.2 Å². The molecule has 3 saturated heterocycles. The predicted molar refractivity (Wildman–Crippen MR) is 161 cm³/mol. The summed E-state index contributed by atoms with van der Waals surface area (Å²) < 4.78 is 44.3. The normalized spacial score (nSPS) is 29.2. The fourth-order valence-electron chi connectivity index (χ4n) is 6.37. The molecule has 0 amide bonds. The summed E-state index contributed by atoms with van der Waals surface area (Å²) in [5.74, 6) is -3.70. The van der Waals surface area contributed by atoms with Gasteiger partial charge in [-0.2, -0.15) is 0 Å². The maximum atomic E-state index is 14.3. The molecule has 3 heterocycles. The Balaban J connectivity index is 1.53. The second-order valence-electron chi connectivity index (χ2n) is 13.2. The predicted octanol–water partition coefficient (Wildman–Crippen LogP) is 4.45. The molecule has 9 heteroatoms. The van der Waals surface area contributed by atoms with E-state index in [2.05, 4.69) is 51.6 Å². The van der Waals surface area contributed by atoms with Crippen molar-refractivity contribution in [1.29, 1.82) is 0 Å². The zero-order valence-electron chi connectivity index (χ0n) is 25.8. The lowest BCUT2D eigenvalue weighted by atomic mass is 9.97. The van der Waals surface area contributed by atoms with E-state index < -0.39 is 56.1 Å². The standard InChI is InChI=1S/C33H44O8Si/c1-9-16-25(40-42(30(2,3)4,23-17-12-10-13-18-23)24-19-14-11-15-20-24)29(34)37-28-27-26(38-32(7,8)39-27)21-35-33(28)22-36-31(5,6)41-33/h9-15,17-20,25-28H,1,16,21-22H2,2-8H3/t25-,26-,27-,28+,33+/m1/s1. The second kappa shape index (κ2) is 11.3. The van der Waals surface area contributed by atoms with Crippen molar-refractivity contribution in [3.8, 4) is 0 Å². The summed E-state index contributed by atoms with van der Waals surface area (Å²) >= 11 is 0. The SMILES string of the molecule is C=CC[C@@H](O[Si](c1ccccc1)(c1ccccc1)C(C)(C)C)C(=O)O[C@H]1[C@@H]2OC(C)(C)O[C@@H]2CO[C@]12COC(C)(C)O2. The largest absolute Gasteiger partial charge is 0.452 e. The molecule has 0 N–H and O–H groups in total. The maximum absolute atomic E-state index is 14.3. The summed E-state index contributed by atoms with van der Waals surface area (Å²) in [6.45, 7) is 18.0. The number of carbonyl (C=O) groups is 1. The molecule has 0 saturated carbocycles. The Hall–Kier alpha value is -2.37. The number of benzene rings is 2. The van der Waals surface area contributed by atoms with Gasteiger partial charge >= 0.3 is 5.97 Å². The van der Waals surface area contributed by atoms with E-state index in [0.717, 1.165) is 10.4 Å². The van der Waals surface area contributed by atoms with Gasteiger partial charge in [0.15, 0.2) is 17.7 Å². The van der Waals surface area contributed by atoms with Gasteiger partial charge in [0.25, 0.3) is 8.32 Å². The molecule has 1 spiro atoms. The van der Waals surface area contributed by atoms with Crippen LogP contribution in [0.5, 0.6) is 0 Å². The average Bonchev–Trinajstić information content (AvgIpc) is 3.42. The highest BCUT2D eigenvalue weighted by atomic mass is 28.4. The molecule has 3 aliphatic rings. The summed E-state index contributed by atoms with van der Waals surface area (Å²) in [5, 5.41) is 1.78. The van der Waals surface area contributed by atoms with Crippen LogP contribution < -0.4 is 10.4 Å². The molecule has 0 unspecified atom stereocenters. The molecule has 3 fully saturated rings. The lowest BCUT2D eigenvalue weighted by Gasteiger charge is -2.46. The van der Waals surface area contributed by atoms with Crippen molar-refractivity contribution in [3.63, 3.8) is 0 Å². The minimum absolute atomic E-state index is 0.0760. The Morgan fingerprint density at radius 1 is 0.976 bits per heavy atom. The molecule has 228 valence electrons. The van der Waals surface area contributed by atoms with Gasteiger partial charge in [0.1, 0.15) is 24.9 Å². The third-order valence-electron chi connectivity index (χ3n) is 8.11. The first-order valence-electron chi connectivity index (χ1n) is 14.7. The summed E-state index contributed by atoms with van der Waals surface area (Å²) in [7, 11) is -3.08. The number of hydrogen-bond donors (Lipinski definition) is 0. The molecule has 42 heavy (non-hydrogen) atoms. The molecule has 3 aliphatic heterocycles. The number of hydrogen-bond acceptors (Lipinski definition) is 8. The van der Waals surface area contributed by atoms with E-state index in [4.69, 9.17) is 32.8 Å². The zero-order valence-corrected chi connectivity index (χ0v) is 26.8. The molecule has 0 aromatic heterocycles. The highest BCUT2D eigenvalue weighted by molar-refractivity contribution is 6.99. The van der Waals surface area contributed by atoms with Gasteiger partial charge in [0.2, 0.25) is 5.79 Å². The van der Waals surface area contributed by atoms with Crippen molar-refractivity contribution in [1.82, 2.24) is 0 Å². The van der Waals surface area contributed by atoms with Crippen LogP contribution in [0.15, 0.2) is 73.3 Å². The Morgan fingerprint density at radius 3 is 2.07 bits per heavy atom. The van der Waals surface area contributed by atoms with Gasteiger partial charge in [0, 0.05) is 6.42 Å². The van der Waals surface area contributed by atoms with Crippen LogP contribution >= 0.6 is 0 Å². The van der Waals surface area contributed by atoms with Gasteiger partial charge < -0.3 is 32.8 Å². The minimum Gasteiger partial charge on any atom is -0.452 e. The van der Waals surface area contributed by atoms with Crippen LogP contribution in [-0.4, -0.2) is 69.3 Å². The fourth-order valence-corrected chi connectivity index (χ4v) is 11.0. The van der Waals surface area contributed by atoms with Gasteiger partial charge in [-0.05, 0) is 43.1 Å². The Morgan fingerprint density at radius 2 is 1.57 bits per heavy atom. The minimum atomic E-state index is -3.08. The summed E-state index contributed by atoms with van der Waals surface area (Å²) in [5.41, 5.74) is 0. The molecule has 5 rings (SSSR count). The van der Waals surface area contributed by atoms with Crippen molar-refractivity contribution >= 4 is 24.7 Å². The Labute approximate surface area is 250 Å². The van der Waals surface area contributed by atoms with Gasteiger partial charge in [-0.1, -0.05) is 87.5 Å². The summed E-state index contributed by atoms with van der Waals surface area (Å²) in [4.78, 5) is 14.3. The quantitative estimate of drug-likeness (QED) is 0.251. The number of rotatable bonds is 8. The van der Waals surface area contributed by atoms with Crippen LogP contribution in [0.4, 0.5) is 0 Å². The van der Waals surface area contributed by atoms with Crippen LogP contribution in [0.1, 0.15) is 54.9 Å². The smallest absolute Gasteiger partial charge is 0.334 e. The third-order valence-corrected chi connectivity index (χ3v) is 13.2. The second-order valence-corrected chi connectivity index (χ2v) is 17.5. The van der Waals surface area contributed by atoms with E-state index in [0.29, 0.717) is 0 Å². The number of fused-ring (bicyclic) bond motifs is 1. The molecule has 0 aliphatic carbocycles. The molecule has 2 aromatic rings. The molecular weight excluding hydrogens is 552 g/mol. The zero-order chi connectivity index (χ0) is 30.4. The third kappa shape index (κ3) is 5.76. The van der Waals surface area contributed by atoms with E-state index in [1.165, 1.54) is 0 Å². The first kappa shape index (κ1) is 31.1. The van der Waals surface area contributed by atoms with E-state index in [-0.39, 0.29) is 24.7 Å². The lowest BCUT2D eigenvalue weighted by Crippen LogP contribution is -2.68. The van der Waals surface area contributed by atoms with E-state index >= 15 is 0 Å². The van der Waals surface area contributed by atoms with Crippen LogP contribution in [0, 0.1) is 0 Å². The number of esters is 1. The molecule has 0 radical (unpaired) electrons. The van der Waals surface area contributed by atoms with E-state index in [1.54, 1.807) is 19.9 Å². The lowest BCUT2D eigenvalue weighted by molar-refractivity contribution is -0.329. The van der Waals surface area contributed by atoms with Crippen LogP contribution in [0.25, 0.3) is 0 Å². The summed E-state index contributed by atoms with van der Waals surface area (Å²) in [6, 6.07) is 20.4. The van der Waals surface area contributed by atoms with Crippen LogP contribution in [0.3, 0.4) is 0 Å². The molecule has 2 aromatic carbocycles. The monoisotopic (exact) mass is 596 g/mol. The topological polar surface area (TPSA) is 81.7 Å². The highest BCUT2D eigenvalue weighted by Crippen LogP contribution is 2.46. The number of ether oxygens (including phenoxy) is 6. The Bertz CT molecular complexity index is 1220. The van der Waals surface area contributed by atoms with Crippen LogP contribution in [0.2, 0.25) is 5.04 Å². The Kier molecular flexibility index (Phi) is 8.34. The van der Waals surface area contributed by atoms with Crippen molar-refractivity contribution in [2.24, 2.45) is 0 Å². The molecule has 5 atom stereocenters. The van der Waals surface area contributed by atoms with Gasteiger partial charge in [-0.15, -0.1) is 6.58 Å². The van der Waals surface area contributed by atoms with Crippen molar-refractivity contribution < 1.29 is 37.6 Å². The maximum Gasteiger partial charge on any atom is 0.334 e. The van der Waals surface area contributed by atoms with Gasteiger partial charge in [0.05, 0.1) is 6.61 Å². The number of carbonyl (C=O) groups excluding carboxylic acids is 1. The van der Waals surface area contributed by atoms with Crippen LogP contribution in [-0.2, 0) is 37.6 Å².